The Bertz CT molecular complexity index is 835. The topological polar surface area (TPSA) is 46.3 Å². The lowest BCUT2D eigenvalue weighted by Gasteiger charge is -2.48. The summed E-state index contributed by atoms with van der Waals surface area (Å²) in [6.45, 7) is 11.0. The number of carbonyl (C=O) groups excluding carboxylic acids is 1. The van der Waals surface area contributed by atoms with Gasteiger partial charge >= 0.3 is 0 Å². The molecule has 1 aliphatic heterocycles. The molecule has 1 saturated heterocycles. The van der Waals surface area contributed by atoms with E-state index in [-0.39, 0.29) is 22.3 Å². The summed E-state index contributed by atoms with van der Waals surface area (Å²) < 4.78 is 0. The normalized spacial score (nSPS) is 43.9. The molecule has 4 bridgehead atoms. The molecule has 6 rings (SSSR count). The zero-order valence-electron chi connectivity index (χ0n) is 19.4. The fraction of sp³-hybridized carbons (Fsp3) is 0.741. The van der Waals surface area contributed by atoms with Gasteiger partial charge in [0.2, 0.25) is 5.91 Å². The largest absolute Gasteiger partial charge is 0.342 e. The molecule has 6 atom stereocenters. The molecule has 30 heavy (non-hydrogen) atoms. The molecule has 1 aromatic carbocycles. The summed E-state index contributed by atoms with van der Waals surface area (Å²) in [5.41, 5.74) is 8.26. The SMILES string of the molecule is CCCC1(C)C2CC3(c4ccccc4)CC1C(C(=O)N1CC[C@H](N)C(C)(C)C1)(C2)C3. The van der Waals surface area contributed by atoms with Gasteiger partial charge in [0.15, 0.2) is 0 Å². The Morgan fingerprint density at radius 2 is 1.87 bits per heavy atom. The summed E-state index contributed by atoms with van der Waals surface area (Å²) in [7, 11) is 0. The Morgan fingerprint density at radius 1 is 1.13 bits per heavy atom. The number of hydrogen-bond donors (Lipinski definition) is 1. The van der Waals surface area contributed by atoms with E-state index in [2.05, 4.69) is 62.9 Å². The first kappa shape index (κ1) is 20.5. The number of rotatable bonds is 4. The van der Waals surface area contributed by atoms with Crippen molar-refractivity contribution in [1.29, 1.82) is 0 Å². The Labute approximate surface area is 182 Å². The Hall–Kier alpha value is -1.35. The van der Waals surface area contributed by atoms with Crippen molar-refractivity contribution in [3.63, 3.8) is 0 Å². The second-order valence-corrected chi connectivity index (χ2v) is 12.2. The average Bonchev–Trinajstić information content (AvgIpc) is 3.07. The number of nitrogens with zero attached hydrogens (tertiary/aromatic N) is 1. The third-order valence-electron chi connectivity index (χ3n) is 10.1. The first-order chi connectivity index (χ1) is 14.2. The predicted molar refractivity (Wildman–Crippen MR) is 122 cm³/mol. The van der Waals surface area contributed by atoms with Gasteiger partial charge in [-0.1, -0.05) is 64.4 Å². The highest BCUT2D eigenvalue weighted by Crippen LogP contribution is 2.77. The van der Waals surface area contributed by atoms with E-state index in [1.54, 1.807) is 0 Å². The van der Waals surface area contributed by atoms with E-state index >= 15 is 0 Å². The van der Waals surface area contributed by atoms with Gasteiger partial charge in [0, 0.05) is 19.1 Å². The Morgan fingerprint density at radius 3 is 2.53 bits per heavy atom. The minimum atomic E-state index is -0.153. The number of hydrogen-bond acceptors (Lipinski definition) is 2. The molecule has 1 heterocycles. The lowest BCUT2D eigenvalue weighted by Crippen LogP contribution is -2.57. The summed E-state index contributed by atoms with van der Waals surface area (Å²) >= 11 is 0. The molecule has 2 N–H and O–H groups in total. The highest BCUT2D eigenvalue weighted by Gasteiger charge is 2.74. The molecule has 0 radical (unpaired) electrons. The van der Waals surface area contributed by atoms with Gasteiger partial charge in [-0.3, -0.25) is 4.79 Å². The van der Waals surface area contributed by atoms with Crippen LogP contribution in [0.5, 0.6) is 0 Å². The third kappa shape index (κ3) is 2.63. The van der Waals surface area contributed by atoms with Crippen molar-refractivity contribution in [2.75, 3.05) is 13.1 Å². The molecule has 4 aliphatic carbocycles. The highest BCUT2D eigenvalue weighted by molar-refractivity contribution is 5.85. The van der Waals surface area contributed by atoms with Crippen molar-refractivity contribution in [3.05, 3.63) is 35.9 Å². The van der Waals surface area contributed by atoms with E-state index in [0.29, 0.717) is 23.2 Å². The van der Waals surface area contributed by atoms with Gasteiger partial charge in [-0.25, -0.2) is 0 Å². The van der Waals surface area contributed by atoms with Gasteiger partial charge in [-0.05, 0) is 72.2 Å². The number of benzene rings is 1. The zero-order chi connectivity index (χ0) is 21.4. The van der Waals surface area contributed by atoms with Crippen LogP contribution < -0.4 is 5.73 Å². The molecular weight excluding hydrogens is 368 g/mol. The van der Waals surface area contributed by atoms with Gasteiger partial charge in [0.1, 0.15) is 0 Å². The summed E-state index contributed by atoms with van der Waals surface area (Å²) in [6.07, 6.45) is 8.06. The predicted octanol–water partition coefficient (Wildman–Crippen LogP) is 5.14. The van der Waals surface area contributed by atoms with E-state index in [0.717, 1.165) is 32.4 Å². The van der Waals surface area contributed by atoms with Crippen molar-refractivity contribution in [1.82, 2.24) is 4.90 Å². The fourth-order valence-corrected chi connectivity index (χ4v) is 8.57. The second-order valence-electron chi connectivity index (χ2n) is 12.2. The van der Waals surface area contributed by atoms with Crippen LogP contribution in [0, 0.1) is 28.1 Å². The fourth-order valence-electron chi connectivity index (χ4n) is 8.57. The minimum Gasteiger partial charge on any atom is -0.342 e. The van der Waals surface area contributed by atoms with Crippen LogP contribution in [0.1, 0.15) is 78.2 Å². The average molecular weight is 409 g/mol. The molecule has 0 aromatic heterocycles. The van der Waals surface area contributed by atoms with Crippen LogP contribution in [0.2, 0.25) is 0 Å². The molecule has 1 amide bonds. The maximum atomic E-state index is 14.3. The van der Waals surface area contributed by atoms with Crippen LogP contribution >= 0.6 is 0 Å². The third-order valence-corrected chi connectivity index (χ3v) is 10.1. The monoisotopic (exact) mass is 408 g/mol. The van der Waals surface area contributed by atoms with Crippen molar-refractivity contribution >= 4 is 5.91 Å². The Kier molecular flexibility index (Phi) is 4.50. The van der Waals surface area contributed by atoms with Gasteiger partial charge in [0.05, 0.1) is 5.41 Å². The second kappa shape index (κ2) is 6.58. The first-order valence-corrected chi connectivity index (χ1v) is 12.3. The van der Waals surface area contributed by atoms with Crippen LogP contribution in [0.4, 0.5) is 0 Å². The number of nitrogens with two attached hydrogens (primary N) is 1. The number of carbonyl (C=O) groups is 1. The van der Waals surface area contributed by atoms with Crippen molar-refractivity contribution in [2.45, 2.75) is 84.1 Å². The van der Waals surface area contributed by atoms with Gasteiger partial charge in [-0.15, -0.1) is 0 Å². The van der Waals surface area contributed by atoms with Crippen molar-refractivity contribution in [3.8, 4) is 0 Å². The summed E-state index contributed by atoms with van der Waals surface area (Å²) in [6, 6.07) is 11.3. The molecule has 3 nitrogen and oxygen atoms in total. The van der Waals surface area contributed by atoms with E-state index < -0.39 is 0 Å². The maximum absolute atomic E-state index is 14.3. The molecule has 5 fully saturated rings. The number of piperidine rings is 1. The molecule has 0 spiro atoms. The summed E-state index contributed by atoms with van der Waals surface area (Å²) in [5.74, 6) is 1.67. The molecule has 3 heteroatoms. The van der Waals surface area contributed by atoms with Crippen LogP contribution in [0.15, 0.2) is 30.3 Å². The summed E-state index contributed by atoms with van der Waals surface area (Å²) in [4.78, 5) is 16.5. The lowest BCUT2D eigenvalue weighted by molar-refractivity contribution is -0.148. The lowest BCUT2D eigenvalue weighted by atomic mass is 9.56. The standard InChI is InChI=1S/C27H40N2O/c1-5-12-25(4)20-14-26(19-9-7-6-8-10-19)16-21(25)27(15-20,17-26)23(30)29-13-11-22(28)24(2,3)18-29/h6-10,20-22H,5,11-18,28H2,1-4H3/t20?,21?,22-,25?,26?,27?/m0/s1. The van der Waals surface area contributed by atoms with Crippen LogP contribution in [-0.4, -0.2) is 29.9 Å². The number of likely N-dealkylation sites (tertiary alicyclic amines) is 1. The molecule has 1 aromatic rings. The molecule has 164 valence electrons. The van der Waals surface area contributed by atoms with Crippen LogP contribution in [-0.2, 0) is 10.2 Å². The smallest absolute Gasteiger partial charge is 0.229 e. The summed E-state index contributed by atoms with van der Waals surface area (Å²) in [5, 5.41) is 0. The van der Waals surface area contributed by atoms with Crippen LogP contribution in [0.25, 0.3) is 0 Å². The van der Waals surface area contributed by atoms with Gasteiger partial charge in [-0.2, -0.15) is 0 Å². The van der Waals surface area contributed by atoms with Crippen LogP contribution in [0.3, 0.4) is 0 Å². The van der Waals surface area contributed by atoms with Gasteiger partial charge < -0.3 is 10.6 Å². The van der Waals surface area contributed by atoms with E-state index in [9.17, 15) is 4.79 Å². The van der Waals surface area contributed by atoms with E-state index in [4.69, 9.17) is 5.73 Å². The molecular formula is C27H40N2O. The quantitative estimate of drug-likeness (QED) is 0.750. The van der Waals surface area contributed by atoms with Gasteiger partial charge in [0.25, 0.3) is 0 Å². The highest BCUT2D eigenvalue weighted by atomic mass is 16.2. The molecule has 5 aliphatic rings. The minimum absolute atomic E-state index is 0.00398. The zero-order valence-corrected chi connectivity index (χ0v) is 19.4. The van der Waals surface area contributed by atoms with Crippen molar-refractivity contribution < 1.29 is 4.79 Å². The molecule has 4 saturated carbocycles. The Balaban J connectivity index is 1.53. The van der Waals surface area contributed by atoms with Crippen molar-refractivity contribution in [2.24, 2.45) is 33.8 Å². The first-order valence-electron chi connectivity index (χ1n) is 12.3. The van der Waals surface area contributed by atoms with E-state index in [1.165, 1.54) is 31.2 Å². The van der Waals surface area contributed by atoms with E-state index in [1.807, 2.05) is 0 Å². The maximum Gasteiger partial charge on any atom is 0.229 e. The number of amides is 1. The molecule has 5 unspecified atom stereocenters.